The van der Waals surface area contributed by atoms with E-state index in [9.17, 15) is 14.7 Å². The first-order chi connectivity index (χ1) is 21.1. The number of carbonyl (C=O) groups is 2. The number of phenolic OH excluding ortho intramolecular Hbond substituents is 1. The lowest BCUT2D eigenvalue weighted by Crippen LogP contribution is -2.44. The summed E-state index contributed by atoms with van der Waals surface area (Å²) in [6.07, 6.45) is 5.04. The summed E-state index contributed by atoms with van der Waals surface area (Å²) in [6.45, 7) is 25.4. The van der Waals surface area contributed by atoms with E-state index >= 15 is 0 Å². The zero-order valence-corrected chi connectivity index (χ0v) is 30.4. The Morgan fingerprint density at radius 3 is 1.76 bits per heavy atom. The Morgan fingerprint density at radius 2 is 1.30 bits per heavy atom. The van der Waals surface area contributed by atoms with Gasteiger partial charge < -0.3 is 24.8 Å². The molecule has 2 aromatic rings. The van der Waals surface area contributed by atoms with Crippen LogP contribution >= 0.6 is 0 Å². The van der Waals surface area contributed by atoms with Gasteiger partial charge in [0, 0.05) is 43.8 Å². The van der Waals surface area contributed by atoms with Crippen molar-refractivity contribution in [1.29, 1.82) is 0 Å². The van der Waals surface area contributed by atoms with Crippen LogP contribution in [0.1, 0.15) is 131 Å². The number of rotatable bonds is 11. The molecule has 0 bridgehead atoms. The second-order valence-electron chi connectivity index (χ2n) is 16.5. The topological polar surface area (TPSA) is 88.1 Å². The third kappa shape index (κ3) is 10.0. The van der Waals surface area contributed by atoms with E-state index in [2.05, 4.69) is 104 Å². The number of nitrogens with zero attached hydrogens (tertiary/aromatic N) is 1. The molecule has 3 rings (SSSR count). The number of hydrogen-bond donors (Lipinski definition) is 2. The fourth-order valence-corrected chi connectivity index (χ4v) is 5.73. The molecule has 254 valence electrons. The van der Waals surface area contributed by atoms with Gasteiger partial charge in [-0.25, -0.2) is 9.59 Å². The number of cyclic esters (lactones) is 2. The zero-order valence-electron chi connectivity index (χ0n) is 30.4. The number of unbranched alkanes of at least 4 members (excludes halogenated alkanes) is 3. The van der Waals surface area contributed by atoms with E-state index in [4.69, 9.17) is 9.47 Å². The number of hydrogen-bond acceptors (Lipinski definition) is 7. The van der Waals surface area contributed by atoms with Crippen molar-refractivity contribution < 1.29 is 24.2 Å². The summed E-state index contributed by atoms with van der Waals surface area (Å²) in [7, 11) is 0. The molecule has 0 aromatic heterocycles. The highest BCUT2D eigenvalue weighted by atomic mass is 16.7. The van der Waals surface area contributed by atoms with Gasteiger partial charge in [0.25, 0.3) is 5.79 Å². The van der Waals surface area contributed by atoms with Gasteiger partial charge in [-0.2, -0.15) is 0 Å². The fraction of sp³-hybridized carbons (Fsp3) is 0.590. The summed E-state index contributed by atoms with van der Waals surface area (Å²) in [5.41, 5.74) is 3.80. The van der Waals surface area contributed by atoms with E-state index in [0.29, 0.717) is 24.6 Å². The molecule has 2 N–H and O–H groups in total. The first kappa shape index (κ1) is 37.0. The number of benzene rings is 2. The number of carbonyl (C=O) groups excluding carboxylic acids is 2. The maximum absolute atomic E-state index is 13.6. The molecule has 1 aliphatic heterocycles. The monoisotopic (exact) mass is 634 g/mol. The Bertz CT molecular complexity index is 1360. The molecule has 1 heterocycles. The molecular weight excluding hydrogens is 576 g/mol. The van der Waals surface area contributed by atoms with Gasteiger partial charge in [-0.3, -0.25) is 0 Å². The molecule has 7 nitrogen and oxygen atoms in total. The smallest absolute Gasteiger partial charge is 0.352 e. The van der Waals surface area contributed by atoms with E-state index in [1.54, 1.807) is 13.8 Å². The average Bonchev–Trinajstić information content (AvgIpc) is 2.88. The molecule has 1 fully saturated rings. The van der Waals surface area contributed by atoms with Crippen LogP contribution in [0.25, 0.3) is 0 Å². The van der Waals surface area contributed by atoms with Crippen molar-refractivity contribution in [3.8, 4) is 5.75 Å². The summed E-state index contributed by atoms with van der Waals surface area (Å²) in [5, 5.41) is 14.9. The lowest BCUT2D eigenvalue weighted by atomic mass is 9.79. The molecule has 2 aromatic carbocycles. The first-order valence-electron chi connectivity index (χ1n) is 16.8. The van der Waals surface area contributed by atoms with E-state index < -0.39 is 17.7 Å². The number of anilines is 1. The normalized spacial score (nSPS) is 15.3. The van der Waals surface area contributed by atoms with Gasteiger partial charge in [0.1, 0.15) is 11.6 Å². The minimum Gasteiger partial charge on any atom is -0.507 e. The number of aromatic hydroxyl groups is 1. The van der Waals surface area contributed by atoms with Crippen LogP contribution < -0.4 is 5.32 Å². The van der Waals surface area contributed by atoms with Crippen molar-refractivity contribution in [1.82, 2.24) is 4.90 Å². The van der Waals surface area contributed by atoms with Gasteiger partial charge in [-0.1, -0.05) is 113 Å². The third-order valence-corrected chi connectivity index (χ3v) is 8.04. The average molecular weight is 635 g/mol. The van der Waals surface area contributed by atoms with Gasteiger partial charge in [0.15, 0.2) is 5.57 Å². The molecule has 0 amide bonds. The van der Waals surface area contributed by atoms with Crippen LogP contribution in [0.4, 0.5) is 5.69 Å². The second-order valence-corrected chi connectivity index (χ2v) is 16.5. The molecule has 0 aliphatic carbocycles. The van der Waals surface area contributed by atoms with Crippen molar-refractivity contribution in [2.45, 2.75) is 138 Å². The Labute approximate surface area is 277 Å². The van der Waals surface area contributed by atoms with Crippen LogP contribution in [0.3, 0.4) is 0 Å². The first-order valence-corrected chi connectivity index (χ1v) is 16.8. The number of nitrogens with one attached hydrogen (secondary N) is 1. The molecule has 0 atom stereocenters. The lowest BCUT2D eigenvalue weighted by Gasteiger charge is -2.35. The van der Waals surface area contributed by atoms with Gasteiger partial charge in [0.2, 0.25) is 0 Å². The Hall–Kier alpha value is -3.48. The van der Waals surface area contributed by atoms with E-state index in [0.717, 1.165) is 48.8 Å². The predicted molar refractivity (Wildman–Crippen MR) is 187 cm³/mol. The highest BCUT2D eigenvalue weighted by molar-refractivity contribution is 6.16. The lowest BCUT2D eigenvalue weighted by molar-refractivity contribution is -0.222. The maximum atomic E-state index is 13.6. The summed E-state index contributed by atoms with van der Waals surface area (Å²) in [6, 6.07) is 12.4. The molecule has 1 aliphatic rings. The van der Waals surface area contributed by atoms with Crippen LogP contribution in [0.15, 0.2) is 47.8 Å². The Balaban J connectivity index is 2.21. The van der Waals surface area contributed by atoms with Crippen LogP contribution in [-0.2, 0) is 42.9 Å². The summed E-state index contributed by atoms with van der Waals surface area (Å²) in [4.78, 5) is 29.2. The maximum Gasteiger partial charge on any atom is 0.352 e. The Kier molecular flexibility index (Phi) is 11.3. The van der Waals surface area contributed by atoms with Crippen molar-refractivity contribution in [2.75, 3.05) is 11.9 Å². The number of ether oxygens (including phenoxy) is 2. The largest absolute Gasteiger partial charge is 0.507 e. The molecule has 0 spiro atoms. The number of phenols is 1. The standard InChI is InChI=1S/C39H58N2O5/c1-13-14-15-16-21-41(25-27-19-17-26(18-20-27)24-36(2,3)4)33(31-34(43)45-39(11,12)46-35(31)44)40-28-22-29(37(5,6)7)32(42)30(23-28)38(8,9)10/h17-20,22-23,40,42H,13-16,21,24-25H2,1-12H3. The molecule has 0 unspecified atom stereocenters. The van der Waals surface area contributed by atoms with Crippen LogP contribution in [-0.4, -0.2) is 34.3 Å². The molecular formula is C39H58N2O5. The van der Waals surface area contributed by atoms with Gasteiger partial charge in [-0.05, 0) is 52.3 Å². The minimum atomic E-state index is -1.37. The molecule has 7 heteroatoms. The summed E-state index contributed by atoms with van der Waals surface area (Å²) in [5.74, 6) is -2.23. The van der Waals surface area contributed by atoms with Crippen molar-refractivity contribution >= 4 is 17.6 Å². The highest BCUT2D eigenvalue weighted by Gasteiger charge is 2.42. The van der Waals surface area contributed by atoms with E-state index in [-0.39, 0.29) is 27.6 Å². The van der Waals surface area contributed by atoms with Crippen molar-refractivity contribution in [3.63, 3.8) is 0 Å². The molecule has 1 saturated heterocycles. The molecule has 0 radical (unpaired) electrons. The van der Waals surface area contributed by atoms with Crippen molar-refractivity contribution in [2.24, 2.45) is 5.41 Å². The quantitative estimate of drug-likeness (QED) is 0.0838. The highest BCUT2D eigenvalue weighted by Crippen LogP contribution is 2.42. The summed E-state index contributed by atoms with van der Waals surface area (Å²) < 4.78 is 11.2. The SMILES string of the molecule is CCCCCCN(Cc1ccc(CC(C)(C)C)cc1)C(Nc1cc(C(C)(C)C)c(O)c(C(C)(C)C)c1)=C1C(=O)OC(C)(C)OC1=O. The van der Waals surface area contributed by atoms with Gasteiger partial charge in [-0.15, -0.1) is 0 Å². The van der Waals surface area contributed by atoms with Gasteiger partial charge in [0.05, 0.1) is 0 Å². The van der Waals surface area contributed by atoms with Crippen LogP contribution in [0, 0.1) is 5.41 Å². The molecule has 0 saturated carbocycles. The fourth-order valence-electron chi connectivity index (χ4n) is 5.73. The Morgan fingerprint density at radius 1 is 0.804 bits per heavy atom. The van der Waals surface area contributed by atoms with E-state index in [1.807, 2.05) is 12.1 Å². The van der Waals surface area contributed by atoms with Crippen LogP contribution in [0.2, 0.25) is 0 Å². The predicted octanol–water partition coefficient (Wildman–Crippen LogP) is 9.12. The minimum absolute atomic E-state index is 0.165. The van der Waals surface area contributed by atoms with Crippen LogP contribution in [0.5, 0.6) is 5.75 Å². The summed E-state index contributed by atoms with van der Waals surface area (Å²) >= 11 is 0. The second kappa shape index (κ2) is 14.1. The van der Waals surface area contributed by atoms with E-state index in [1.165, 1.54) is 5.56 Å². The third-order valence-electron chi connectivity index (χ3n) is 8.04. The molecule has 46 heavy (non-hydrogen) atoms. The number of esters is 2. The van der Waals surface area contributed by atoms with Crippen molar-refractivity contribution in [3.05, 3.63) is 70.0 Å². The zero-order chi connectivity index (χ0) is 34.7. The van der Waals surface area contributed by atoms with Gasteiger partial charge >= 0.3 is 11.9 Å².